The Labute approximate surface area is 62.1 Å². The van der Waals surface area contributed by atoms with Crippen LogP contribution in [-0.4, -0.2) is 35.0 Å². The molecule has 0 saturated heterocycles. The topological polar surface area (TPSA) is 52.5 Å². The Morgan fingerprint density at radius 2 is 1.80 bits per heavy atom. The summed E-state index contributed by atoms with van der Waals surface area (Å²) in [6.45, 7) is 5.60. The van der Waals surface area contributed by atoms with Gasteiger partial charge in [-0.3, -0.25) is 0 Å². The number of rotatable bonds is 4. The molecule has 0 amide bonds. The molecule has 0 aliphatic heterocycles. The van der Waals surface area contributed by atoms with Gasteiger partial charge in [0.05, 0.1) is 18.8 Å². The molecule has 0 aliphatic carbocycles. The predicted molar refractivity (Wildman–Crippen MR) is 40.8 cm³/mol. The van der Waals surface area contributed by atoms with Crippen molar-refractivity contribution in [1.82, 2.24) is 5.32 Å². The molecule has 10 heavy (non-hydrogen) atoms. The maximum absolute atomic E-state index is 9.04. The van der Waals surface area contributed by atoms with Crippen LogP contribution in [0.25, 0.3) is 0 Å². The Morgan fingerprint density at radius 3 is 1.90 bits per heavy atom. The molecule has 0 radical (unpaired) electrons. The van der Waals surface area contributed by atoms with E-state index in [9.17, 15) is 0 Å². The first-order valence-electron chi connectivity index (χ1n) is 3.63. The van der Waals surface area contributed by atoms with Crippen LogP contribution in [0.2, 0.25) is 0 Å². The monoisotopic (exact) mass is 147 g/mol. The molecule has 0 fully saturated rings. The van der Waals surface area contributed by atoms with Gasteiger partial charge in [-0.1, -0.05) is 13.8 Å². The van der Waals surface area contributed by atoms with E-state index < -0.39 is 6.10 Å². The first kappa shape index (κ1) is 9.88. The van der Waals surface area contributed by atoms with Crippen molar-refractivity contribution in [1.29, 1.82) is 0 Å². The van der Waals surface area contributed by atoms with Gasteiger partial charge in [0.2, 0.25) is 0 Å². The fraction of sp³-hybridized carbons (Fsp3) is 1.00. The fourth-order valence-electron chi connectivity index (χ4n) is 0.773. The van der Waals surface area contributed by atoms with Crippen molar-refractivity contribution in [3.05, 3.63) is 0 Å². The van der Waals surface area contributed by atoms with Gasteiger partial charge in [-0.25, -0.2) is 0 Å². The van der Waals surface area contributed by atoms with Crippen LogP contribution in [0.4, 0.5) is 0 Å². The molecule has 0 aliphatic rings. The third-order valence-electron chi connectivity index (χ3n) is 1.33. The second-order valence-electron chi connectivity index (χ2n) is 2.85. The quantitative estimate of drug-likeness (QED) is 0.513. The summed E-state index contributed by atoms with van der Waals surface area (Å²) in [6.07, 6.45) is -0.493. The average molecular weight is 147 g/mol. The molecule has 0 unspecified atom stereocenters. The van der Waals surface area contributed by atoms with Gasteiger partial charge in [-0.05, 0) is 6.92 Å². The van der Waals surface area contributed by atoms with Crippen molar-refractivity contribution in [2.45, 2.75) is 39.0 Å². The first-order chi connectivity index (χ1) is 4.57. The lowest BCUT2D eigenvalue weighted by Crippen LogP contribution is -2.44. The van der Waals surface area contributed by atoms with Crippen LogP contribution in [0.3, 0.4) is 0 Å². The van der Waals surface area contributed by atoms with Gasteiger partial charge in [-0.2, -0.15) is 0 Å². The van der Waals surface area contributed by atoms with E-state index in [1.165, 1.54) is 0 Å². The summed E-state index contributed by atoms with van der Waals surface area (Å²) in [5, 5.41) is 20.8. The molecular weight excluding hydrogens is 130 g/mol. The fourth-order valence-corrected chi connectivity index (χ4v) is 0.773. The first-order valence-corrected chi connectivity index (χ1v) is 3.63. The molecule has 62 valence electrons. The molecule has 0 aromatic heterocycles. The summed E-state index contributed by atoms with van der Waals surface area (Å²) in [6, 6.07) is 0.103. The summed E-state index contributed by atoms with van der Waals surface area (Å²) in [5.74, 6) is 0. The highest BCUT2D eigenvalue weighted by Gasteiger charge is 2.13. The highest BCUT2D eigenvalue weighted by molar-refractivity contribution is 4.72. The van der Waals surface area contributed by atoms with Crippen LogP contribution < -0.4 is 5.32 Å². The summed E-state index contributed by atoms with van der Waals surface area (Å²) >= 11 is 0. The van der Waals surface area contributed by atoms with Gasteiger partial charge < -0.3 is 15.5 Å². The molecule has 3 heteroatoms. The molecule has 3 nitrogen and oxygen atoms in total. The van der Waals surface area contributed by atoms with Crippen LogP contribution >= 0.6 is 0 Å². The molecule has 0 aromatic carbocycles. The minimum Gasteiger partial charge on any atom is -0.395 e. The van der Waals surface area contributed by atoms with E-state index >= 15 is 0 Å². The smallest absolute Gasteiger partial charge is 0.0687 e. The molecule has 0 rings (SSSR count). The number of aliphatic hydroxyl groups excluding tert-OH is 2. The van der Waals surface area contributed by atoms with Crippen molar-refractivity contribution in [2.75, 3.05) is 6.61 Å². The van der Waals surface area contributed by atoms with E-state index in [4.69, 9.17) is 10.2 Å². The zero-order chi connectivity index (χ0) is 8.15. The molecule has 0 heterocycles. The number of aliphatic hydroxyl groups is 2. The highest BCUT2D eigenvalue weighted by atomic mass is 16.3. The Morgan fingerprint density at radius 1 is 1.30 bits per heavy atom. The van der Waals surface area contributed by atoms with E-state index in [1.807, 2.05) is 13.8 Å². The van der Waals surface area contributed by atoms with Crippen molar-refractivity contribution < 1.29 is 10.2 Å². The maximum Gasteiger partial charge on any atom is 0.0687 e. The van der Waals surface area contributed by atoms with Crippen LogP contribution in [0.15, 0.2) is 0 Å². The maximum atomic E-state index is 9.04. The van der Waals surface area contributed by atoms with E-state index in [0.29, 0.717) is 6.04 Å². The van der Waals surface area contributed by atoms with Gasteiger partial charge in [0.15, 0.2) is 0 Å². The minimum atomic E-state index is -0.493. The van der Waals surface area contributed by atoms with Gasteiger partial charge in [-0.15, -0.1) is 0 Å². The van der Waals surface area contributed by atoms with Crippen LogP contribution in [0.1, 0.15) is 20.8 Å². The van der Waals surface area contributed by atoms with E-state index in [2.05, 4.69) is 5.32 Å². The number of nitrogens with one attached hydrogen (secondary N) is 1. The van der Waals surface area contributed by atoms with Gasteiger partial charge in [0.25, 0.3) is 0 Å². The van der Waals surface area contributed by atoms with Gasteiger partial charge in [0, 0.05) is 6.04 Å². The van der Waals surface area contributed by atoms with Crippen molar-refractivity contribution in [2.24, 2.45) is 0 Å². The second-order valence-corrected chi connectivity index (χ2v) is 2.85. The molecule has 0 spiro atoms. The summed E-state index contributed by atoms with van der Waals surface area (Å²) in [4.78, 5) is 0. The minimum absolute atomic E-state index is 0.0180. The summed E-state index contributed by atoms with van der Waals surface area (Å²) in [7, 11) is 0. The Bertz CT molecular complexity index is 83.7. The SMILES string of the molecule is CC(C)N[C@@H](CO)[C@H](C)O. The van der Waals surface area contributed by atoms with E-state index in [-0.39, 0.29) is 12.6 Å². The molecule has 0 aromatic rings. The normalized spacial score (nSPS) is 17.4. The average Bonchev–Trinajstić information content (AvgIpc) is 1.81. The van der Waals surface area contributed by atoms with Crippen molar-refractivity contribution in [3.63, 3.8) is 0 Å². The lowest BCUT2D eigenvalue weighted by Gasteiger charge is -2.21. The number of hydrogen-bond acceptors (Lipinski definition) is 3. The molecule has 0 saturated carbocycles. The zero-order valence-electron chi connectivity index (χ0n) is 6.83. The molecular formula is C7H17NO2. The predicted octanol–water partition coefficient (Wildman–Crippen LogP) is -0.274. The second kappa shape index (κ2) is 4.66. The Hall–Kier alpha value is -0.120. The van der Waals surface area contributed by atoms with Crippen molar-refractivity contribution >= 4 is 0 Å². The van der Waals surface area contributed by atoms with Crippen LogP contribution in [0.5, 0.6) is 0 Å². The third kappa shape index (κ3) is 3.82. The highest BCUT2D eigenvalue weighted by Crippen LogP contribution is 1.92. The van der Waals surface area contributed by atoms with Gasteiger partial charge in [0.1, 0.15) is 0 Å². The largest absolute Gasteiger partial charge is 0.395 e. The molecule has 0 bridgehead atoms. The van der Waals surface area contributed by atoms with Crippen LogP contribution in [-0.2, 0) is 0 Å². The van der Waals surface area contributed by atoms with Crippen LogP contribution in [0, 0.1) is 0 Å². The summed E-state index contributed by atoms with van der Waals surface area (Å²) < 4.78 is 0. The summed E-state index contributed by atoms with van der Waals surface area (Å²) in [5.41, 5.74) is 0. The lowest BCUT2D eigenvalue weighted by atomic mass is 10.2. The standard InChI is InChI=1S/C7H17NO2/c1-5(2)8-7(4-9)6(3)10/h5-10H,4H2,1-3H3/t6-,7-/m0/s1. The third-order valence-corrected chi connectivity index (χ3v) is 1.33. The van der Waals surface area contributed by atoms with E-state index in [0.717, 1.165) is 0 Å². The molecule has 3 N–H and O–H groups in total. The lowest BCUT2D eigenvalue weighted by molar-refractivity contribution is 0.0991. The van der Waals surface area contributed by atoms with Gasteiger partial charge >= 0.3 is 0 Å². The van der Waals surface area contributed by atoms with Crippen molar-refractivity contribution in [3.8, 4) is 0 Å². The zero-order valence-corrected chi connectivity index (χ0v) is 6.83. The molecule has 2 atom stereocenters. The van der Waals surface area contributed by atoms with E-state index in [1.54, 1.807) is 6.92 Å². The number of hydrogen-bond donors (Lipinski definition) is 3. The Balaban J connectivity index is 3.60. The Kier molecular flexibility index (Phi) is 4.60.